The Balaban J connectivity index is 1.97. The summed E-state index contributed by atoms with van der Waals surface area (Å²) < 4.78 is 11.0. The molecular weight excluding hydrogens is 382 g/mol. The molecule has 0 radical (unpaired) electrons. The van der Waals surface area contributed by atoms with Crippen LogP contribution in [-0.4, -0.2) is 28.3 Å². The van der Waals surface area contributed by atoms with Crippen molar-refractivity contribution in [2.45, 2.75) is 0 Å². The molecule has 3 rings (SSSR count). The number of fused-ring (bicyclic) bond motifs is 1. The third-order valence-corrected chi connectivity index (χ3v) is 3.64. The zero-order valence-corrected chi connectivity index (χ0v) is 13.8. The first-order valence-corrected chi connectivity index (χ1v) is 7.43. The molecule has 0 saturated carbocycles. The molecule has 2 aromatic carbocycles. The van der Waals surface area contributed by atoms with Gasteiger partial charge in [-0.3, -0.25) is 10.1 Å². The first-order valence-electron chi connectivity index (χ1n) is 6.63. The zero-order chi connectivity index (χ0) is 17.3. The van der Waals surface area contributed by atoms with Gasteiger partial charge < -0.3 is 14.3 Å². The number of hydrogen-bond donors (Lipinski definition) is 1. The van der Waals surface area contributed by atoms with Crippen molar-refractivity contribution in [2.24, 2.45) is 4.99 Å². The van der Waals surface area contributed by atoms with E-state index in [4.69, 9.17) is 9.15 Å². The van der Waals surface area contributed by atoms with E-state index in [1.807, 2.05) is 0 Å². The standard InChI is InChI=1S/C15H10BrN3O5/c1-23-10-2-3-11-13(6-10)24-15(18-11)17-7-8-4-9(16)5-12(14(8)20)19(21)22/h2-7,20H,1H3/b17-7+. The van der Waals surface area contributed by atoms with Crippen molar-refractivity contribution >= 4 is 44.9 Å². The Morgan fingerprint density at radius 3 is 2.92 bits per heavy atom. The molecule has 0 saturated heterocycles. The first-order chi connectivity index (χ1) is 11.5. The molecule has 0 amide bonds. The van der Waals surface area contributed by atoms with Gasteiger partial charge in [-0.05, 0) is 18.2 Å². The van der Waals surface area contributed by atoms with Crippen molar-refractivity contribution in [3.63, 3.8) is 0 Å². The number of halogens is 1. The summed E-state index contributed by atoms with van der Waals surface area (Å²) in [5.74, 6) is 0.138. The smallest absolute Gasteiger partial charge is 0.322 e. The number of aromatic nitrogens is 1. The monoisotopic (exact) mass is 391 g/mol. The molecule has 0 atom stereocenters. The van der Waals surface area contributed by atoms with Crippen molar-refractivity contribution in [3.8, 4) is 11.5 Å². The first kappa shape index (κ1) is 15.9. The minimum absolute atomic E-state index is 0.0558. The lowest BCUT2D eigenvalue weighted by atomic mass is 10.2. The maximum Gasteiger partial charge on any atom is 0.322 e. The molecule has 1 aromatic heterocycles. The number of phenols is 1. The van der Waals surface area contributed by atoms with E-state index in [1.165, 1.54) is 18.3 Å². The molecule has 0 aliphatic carbocycles. The molecule has 0 fully saturated rings. The third kappa shape index (κ3) is 3.06. The van der Waals surface area contributed by atoms with E-state index in [0.29, 0.717) is 21.3 Å². The summed E-state index contributed by atoms with van der Waals surface area (Å²) in [5.41, 5.74) is 0.822. The molecule has 1 heterocycles. The van der Waals surface area contributed by atoms with Gasteiger partial charge >= 0.3 is 11.7 Å². The van der Waals surface area contributed by atoms with Crippen LogP contribution in [0.15, 0.2) is 44.2 Å². The lowest BCUT2D eigenvalue weighted by Crippen LogP contribution is -1.92. The second-order valence-electron chi connectivity index (χ2n) is 4.71. The number of nitrogens with zero attached hydrogens (tertiary/aromatic N) is 3. The van der Waals surface area contributed by atoms with Gasteiger partial charge in [0.05, 0.1) is 12.0 Å². The van der Waals surface area contributed by atoms with Gasteiger partial charge in [0.25, 0.3) is 0 Å². The Labute approximate surface area is 143 Å². The van der Waals surface area contributed by atoms with Crippen molar-refractivity contribution in [1.29, 1.82) is 0 Å². The fourth-order valence-corrected chi connectivity index (χ4v) is 2.51. The number of benzene rings is 2. The third-order valence-electron chi connectivity index (χ3n) is 3.18. The summed E-state index contributed by atoms with van der Waals surface area (Å²) >= 11 is 3.16. The van der Waals surface area contributed by atoms with E-state index in [0.717, 1.165) is 0 Å². The molecule has 122 valence electrons. The number of nitro groups is 1. The van der Waals surface area contributed by atoms with Gasteiger partial charge in [-0.1, -0.05) is 15.9 Å². The average Bonchev–Trinajstić information content (AvgIpc) is 2.96. The molecule has 0 bridgehead atoms. The average molecular weight is 392 g/mol. The highest BCUT2D eigenvalue weighted by Gasteiger charge is 2.17. The predicted octanol–water partition coefficient (Wildman–Crippen LogP) is 3.96. The van der Waals surface area contributed by atoms with Crippen molar-refractivity contribution in [2.75, 3.05) is 7.11 Å². The normalized spacial score (nSPS) is 11.2. The van der Waals surface area contributed by atoms with Gasteiger partial charge in [0.1, 0.15) is 11.3 Å². The summed E-state index contributed by atoms with van der Waals surface area (Å²) in [6.45, 7) is 0. The molecule has 0 unspecified atom stereocenters. The summed E-state index contributed by atoms with van der Waals surface area (Å²) in [4.78, 5) is 18.4. The number of oxazole rings is 1. The topological polar surface area (TPSA) is 111 Å². The van der Waals surface area contributed by atoms with Crippen molar-refractivity contribution < 1.29 is 19.2 Å². The van der Waals surface area contributed by atoms with Gasteiger partial charge in [-0.15, -0.1) is 0 Å². The number of aliphatic imine (C=N–C) groups is 1. The lowest BCUT2D eigenvalue weighted by Gasteiger charge is -2.00. The number of phenolic OH excluding ortho intramolecular Hbond substituents is 1. The summed E-state index contributed by atoms with van der Waals surface area (Å²) in [6.07, 6.45) is 1.25. The largest absolute Gasteiger partial charge is 0.502 e. The summed E-state index contributed by atoms with van der Waals surface area (Å²) in [7, 11) is 1.54. The number of aromatic hydroxyl groups is 1. The van der Waals surface area contributed by atoms with Crippen LogP contribution in [-0.2, 0) is 0 Å². The predicted molar refractivity (Wildman–Crippen MR) is 90.3 cm³/mol. The SMILES string of the molecule is COc1ccc2nc(/N=C/c3cc(Br)cc([N+](=O)[O-])c3O)oc2c1. The Bertz CT molecular complexity index is 967. The maximum absolute atomic E-state index is 10.9. The van der Waals surface area contributed by atoms with E-state index in [1.54, 1.807) is 25.3 Å². The van der Waals surface area contributed by atoms with Gasteiger partial charge in [0.2, 0.25) is 5.75 Å². The molecule has 0 aliphatic rings. The van der Waals surface area contributed by atoms with Crippen LogP contribution in [0.25, 0.3) is 11.1 Å². The van der Waals surface area contributed by atoms with Crippen molar-refractivity contribution in [3.05, 3.63) is 50.5 Å². The second kappa shape index (κ2) is 6.28. The fourth-order valence-electron chi connectivity index (χ4n) is 2.04. The van der Waals surface area contributed by atoms with E-state index >= 15 is 0 Å². The highest BCUT2D eigenvalue weighted by Crippen LogP contribution is 2.33. The molecule has 9 heteroatoms. The van der Waals surface area contributed by atoms with Crippen LogP contribution in [0.1, 0.15) is 5.56 Å². The number of nitro benzene ring substituents is 1. The van der Waals surface area contributed by atoms with Crippen LogP contribution in [0, 0.1) is 10.1 Å². The highest BCUT2D eigenvalue weighted by atomic mass is 79.9. The van der Waals surface area contributed by atoms with E-state index < -0.39 is 16.4 Å². The van der Waals surface area contributed by atoms with Crippen LogP contribution < -0.4 is 4.74 Å². The van der Waals surface area contributed by atoms with E-state index in [-0.39, 0.29) is 11.6 Å². The van der Waals surface area contributed by atoms with Crippen LogP contribution in [0.5, 0.6) is 11.5 Å². The number of methoxy groups -OCH3 is 1. The second-order valence-corrected chi connectivity index (χ2v) is 5.62. The Morgan fingerprint density at radius 2 is 2.21 bits per heavy atom. The lowest BCUT2D eigenvalue weighted by molar-refractivity contribution is -0.385. The van der Waals surface area contributed by atoms with E-state index in [2.05, 4.69) is 25.9 Å². The maximum atomic E-state index is 10.9. The molecule has 3 aromatic rings. The molecule has 8 nitrogen and oxygen atoms in total. The number of hydrogen-bond acceptors (Lipinski definition) is 7. The Kier molecular flexibility index (Phi) is 4.17. The molecular formula is C15H10BrN3O5. The van der Waals surface area contributed by atoms with Gasteiger partial charge in [0, 0.05) is 28.4 Å². The van der Waals surface area contributed by atoms with E-state index in [9.17, 15) is 15.2 Å². The van der Waals surface area contributed by atoms with Crippen LogP contribution in [0.3, 0.4) is 0 Å². The molecule has 24 heavy (non-hydrogen) atoms. The molecule has 0 aliphatic heterocycles. The van der Waals surface area contributed by atoms with Crippen molar-refractivity contribution in [1.82, 2.24) is 4.98 Å². The minimum Gasteiger partial charge on any atom is -0.502 e. The quantitative estimate of drug-likeness (QED) is 0.409. The number of rotatable bonds is 4. The van der Waals surface area contributed by atoms with Gasteiger partial charge in [-0.25, -0.2) is 4.99 Å². The zero-order valence-electron chi connectivity index (χ0n) is 12.3. The minimum atomic E-state index is -0.677. The Hall–Kier alpha value is -2.94. The van der Waals surface area contributed by atoms with Gasteiger partial charge in [0.15, 0.2) is 5.58 Å². The summed E-state index contributed by atoms with van der Waals surface area (Å²) in [5, 5.41) is 20.9. The molecule has 1 N–H and O–H groups in total. The van der Waals surface area contributed by atoms with Crippen LogP contribution >= 0.6 is 15.9 Å². The summed E-state index contributed by atoms with van der Waals surface area (Å²) in [6, 6.07) is 7.89. The fraction of sp³-hybridized carbons (Fsp3) is 0.0667. The van der Waals surface area contributed by atoms with Crippen LogP contribution in [0.2, 0.25) is 0 Å². The Morgan fingerprint density at radius 1 is 1.42 bits per heavy atom. The molecule has 0 spiro atoms. The highest BCUT2D eigenvalue weighted by molar-refractivity contribution is 9.10. The number of ether oxygens (including phenoxy) is 1. The van der Waals surface area contributed by atoms with Crippen LogP contribution in [0.4, 0.5) is 11.7 Å². The van der Waals surface area contributed by atoms with Gasteiger partial charge in [-0.2, -0.15) is 4.98 Å².